The van der Waals surface area contributed by atoms with E-state index in [0.29, 0.717) is 11.6 Å². The predicted octanol–water partition coefficient (Wildman–Crippen LogP) is -6.56. The van der Waals surface area contributed by atoms with Crippen molar-refractivity contribution in [3.63, 3.8) is 0 Å². The minimum Gasteiger partial charge on any atom is -1.00 e. The molecule has 0 aromatic carbocycles. The topological polar surface area (TPSA) is 65.9 Å². The van der Waals surface area contributed by atoms with Crippen LogP contribution in [-0.2, 0) is 0 Å². The van der Waals surface area contributed by atoms with Crippen molar-refractivity contribution in [2.24, 2.45) is 0 Å². The van der Waals surface area contributed by atoms with Gasteiger partial charge < -0.3 is 40.2 Å². The normalized spacial score (nSPS) is 9.47. The number of nitrogens with one attached hydrogen (secondary N) is 3. The van der Waals surface area contributed by atoms with Gasteiger partial charge in [0.1, 0.15) is 18.8 Å². The minimum absolute atomic E-state index is 0. The van der Waals surface area contributed by atoms with Crippen LogP contribution < -0.4 is 50.5 Å². The molecule has 1 aromatic rings. The van der Waals surface area contributed by atoms with E-state index in [2.05, 4.69) is 24.1 Å². The molecule has 0 bridgehead atoms. The van der Waals surface area contributed by atoms with Gasteiger partial charge in [0.15, 0.2) is 0 Å². The van der Waals surface area contributed by atoms with E-state index in [9.17, 15) is 0 Å². The zero-order valence-electron chi connectivity index (χ0n) is 11.7. The van der Waals surface area contributed by atoms with E-state index in [1.807, 2.05) is 12.1 Å². The lowest BCUT2D eigenvalue weighted by molar-refractivity contribution is -0.894. The van der Waals surface area contributed by atoms with Gasteiger partial charge in [-0.1, -0.05) is 0 Å². The highest BCUT2D eigenvalue weighted by Gasteiger charge is 2.10. The van der Waals surface area contributed by atoms with Gasteiger partial charge in [0.05, 0.1) is 20.2 Å². The number of halogens is 2. The molecule has 112 valence electrons. The molecular weight excluding hydrogens is 287 g/mol. The summed E-state index contributed by atoms with van der Waals surface area (Å²) in [5, 5.41) is 3.31. The first-order valence-corrected chi connectivity index (χ1v) is 6.14. The van der Waals surface area contributed by atoms with Crippen molar-refractivity contribution in [2.45, 2.75) is 13.8 Å². The SMILES string of the molecule is CC[NH+](CC)CCNc1[nH+]c(OC)ccc1N.[Cl-].[Cl-]. The maximum absolute atomic E-state index is 5.87. The average molecular weight is 311 g/mol. The van der Waals surface area contributed by atoms with Crippen LogP contribution in [0.25, 0.3) is 0 Å². The lowest BCUT2D eigenvalue weighted by atomic mass is 10.4. The molecule has 0 spiro atoms. The lowest BCUT2D eigenvalue weighted by Crippen LogP contribution is -3.12. The van der Waals surface area contributed by atoms with E-state index in [1.165, 1.54) is 0 Å². The first-order chi connectivity index (χ1) is 8.21. The first-order valence-electron chi connectivity index (χ1n) is 6.14. The van der Waals surface area contributed by atoms with Crippen LogP contribution in [0.2, 0.25) is 0 Å². The molecule has 0 aliphatic heterocycles. The number of H-pyrrole nitrogens is 1. The van der Waals surface area contributed by atoms with Gasteiger partial charge >= 0.3 is 0 Å². The Bertz CT molecular complexity index is 349. The Labute approximate surface area is 127 Å². The molecule has 1 rings (SSSR count). The van der Waals surface area contributed by atoms with Crippen molar-refractivity contribution >= 4 is 11.5 Å². The number of anilines is 2. The second-order valence-electron chi connectivity index (χ2n) is 3.99. The molecule has 0 fully saturated rings. The molecule has 0 saturated heterocycles. The van der Waals surface area contributed by atoms with E-state index >= 15 is 0 Å². The zero-order valence-corrected chi connectivity index (χ0v) is 13.2. The summed E-state index contributed by atoms with van der Waals surface area (Å²) in [6, 6.07) is 3.65. The maximum atomic E-state index is 5.87. The van der Waals surface area contributed by atoms with Crippen LogP contribution in [0.1, 0.15) is 13.8 Å². The summed E-state index contributed by atoms with van der Waals surface area (Å²) in [6.07, 6.45) is 0. The largest absolute Gasteiger partial charge is 1.00 e. The number of likely N-dealkylation sites (N-methyl/N-ethyl adjacent to an activating group) is 1. The van der Waals surface area contributed by atoms with Crippen LogP contribution in [0.15, 0.2) is 12.1 Å². The Balaban J connectivity index is 0. The van der Waals surface area contributed by atoms with E-state index < -0.39 is 0 Å². The number of nitrogen functional groups attached to an aromatic ring is 1. The molecule has 7 heteroatoms. The second-order valence-corrected chi connectivity index (χ2v) is 3.99. The third-order valence-electron chi connectivity index (χ3n) is 2.95. The van der Waals surface area contributed by atoms with Crippen molar-refractivity contribution in [3.8, 4) is 5.88 Å². The summed E-state index contributed by atoms with van der Waals surface area (Å²) in [5.41, 5.74) is 6.58. The van der Waals surface area contributed by atoms with E-state index in [4.69, 9.17) is 10.5 Å². The summed E-state index contributed by atoms with van der Waals surface area (Å²) in [6.45, 7) is 8.67. The zero-order chi connectivity index (χ0) is 12.7. The highest BCUT2D eigenvalue weighted by Crippen LogP contribution is 2.13. The van der Waals surface area contributed by atoms with Crippen LogP contribution >= 0.6 is 0 Å². The van der Waals surface area contributed by atoms with E-state index in [-0.39, 0.29) is 24.8 Å². The quantitative estimate of drug-likeness (QED) is 0.469. The van der Waals surface area contributed by atoms with Gasteiger partial charge in [-0.15, -0.1) is 0 Å². The first kappa shape index (κ1) is 20.4. The van der Waals surface area contributed by atoms with Gasteiger partial charge in [-0.3, -0.25) is 5.32 Å². The van der Waals surface area contributed by atoms with Crippen molar-refractivity contribution in [2.75, 3.05) is 44.3 Å². The van der Waals surface area contributed by atoms with Crippen LogP contribution in [0.3, 0.4) is 0 Å². The highest BCUT2D eigenvalue weighted by molar-refractivity contribution is 5.57. The second kappa shape index (κ2) is 11.0. The predicted molar refractivity (Wildman–Crippen MR) is 69.4 cm³/mol. The molecule has 0 saturated carbocycles. The van der Waals surface area contributed by atoms with Crippen LogP contribution in [0.4, 0.5) is 11.5 Å². The number of hydrogen-bond acceptors (Lipinski definition) is 3. The number of aromatic amines is 1. The van der Waals surface area contributed by atoms with E-state index in [1.54, 1.807) is 12.0 Å². The number of pyridine rings is 1. The molecule has 5 N–H and O–H groups in total. The van der Waals surface area contributed by atoms with Crippen molar-refractivity contribution in [1.82, 2.24) is 0 Å². The van der Waals surface area contributed by atoms with Crippen LogP contribution in [-0.4, -0.2) is 33.3 Å². The summed E-state index contributed by atoms with van der Waals surface area (Å²) in [7, 11) is 1.63. The Morgan fingerprint density at radius 1 is 1.26 bits per heavy atom. The number of methoxy groups -OCH3 is 1. The third kappa shape index (κ3) is 6.71. The number of quaternary nitrogens is 1. The maximum Gasteiger partial charge on any atom is 0.298 e. The third-order valence-corrected chi connectivity index (χ3v) is 2.95. The number of aromatic nitrogens is 1. The fraction of sp³-hybridized carbons (Fsp3) is 0.583. The van der Waals surface area contributed by atoms with Gasteiger partial charge in [-0.05, 0) is 19.9 Å². The molecule has 0 radical (unpaired) electrons. The molecule has 1 aromatic heterocycles. The van der Waals surface area contributed by atoms with Gasteiger partial charge in [0.2, 0.25) is 0 Å². The Kier molecular flexibility index (Phi) is 11.8. The highest BCUT2D eigenvalue weighted by atomic mass is 35.5. The number of ether oxygens (including phenoxy) is 1. The van der Waals surface area contributed by atoms with Gasteiger partial charge in [-0.2, -0.15) is 0 Å². The molecular formula is C12H24Cl2N4O. The standard InChI is InChI=1S/C12H22N4O.2ClH/c1-4-16(5-2)9-8-14-12-10(13)6-7-11(15-12)17-3;;/h6-7H,4-5,8-9,13H2,1-3H3,(H,14,15);2*1H. The molecule has 5 nitrogen and oxygen atoms in total. The summed E-state index contributed by atoms with van der Waals surface area (Å²) < 4.78 is 5.12. The summed E-state index contributed by atoms with van der Waals surface area (Å²) in [5.74, 6) is 1.53. The van der Waals surface area contributed by atoms with Gasteiger partial charge in [0.25, 0.3) is 11.7 Å². The Morgan fingerprint density at radius 2 is 1.89 bits per heavy atom. The lowest BCUT2D eigenvalue weighted by Gasteiger charge is -2.13. The minimum atomic E-state index is 0. The summed E-state index contributed by atoms with van der Waals surface area (Å²) >= 11 is 0. The number of rotatable bonds is 7. The molecule has 0 unspecified atom stereocenters. The molecule has 0 aliphatic rings. The average Bonchev–Trinajstić information content (AvgIpc) is 2.36. The molecule has 1 heterocycles. The molecule has 19 heavy (non-hydrogen) atoms. The molecule has 0 aliphatic carbocycles. The smallest absolute Gasteiger partial charge is 0.298 e. The fourth-order valence-electron chi connectivity index (χ4n) is 1.72. The van der Waals surface area contributed by atoms with Gasteiger partial charge in [0, 0.05) is 6.07 Å². The summed E-state index contributed by atoms with van der Waals surface area (Å²) in [4.78, 5) is 4.67. The van der Waals surface area contributed by atoms with Crippen molar-refractivity contribution in [3.05, 3.63) is 12.1 Å². The fourth-order valence-corrected chi connectivity index (χ4v) is 1.72. The Morgan fingerprint density at radius 3 is 2.42 bits per heavy atom. The molecule has 0 atom stereocenters. The van der Waals surface area contributed by atoms with Crippen LogP contribution in [0, 0.1) is 0 Å². The molecule has 0 amide bonds. The van der Waals surface area contributed by atoms with Crippen molar-refractivity contribution < 1.29 is 39.4 Å². The van der Waals surface area contributed by atoms with Crippen LogP contribution in [0.5, 0.6) is 5.88 Å². The number of hydrogen-bond donors (Lipinski definition) is 3. The van der Waals surface area contributed by atoms with Crippen molar-refractivity contribution in [1.29, 1.82) is 0 Å². The van der Waals surface area contributed by atoms with Gasteiger partial charge in [-0.25, -0.2) is 4.98 Å². The monoisotopic (exact) mass is 310 g/mol. The van der Waals surface area contributed by atoms with E-state index in [0.717, 1.165) is 32.0 Å². The number of nitrogens with two attached hydrogens (primary N) is 1. The Hall–Kier alpha value is -0.910.